The first kappa shape index (κ1) is 15.6. The van der Waals surface area contributed by atoms with Crippen LogP contribution in [-0.4, -0.2) is 28.9 Å². The van der Waals surface area contributed by atoms with E-state index in [0.717, 1.165) is 29.5 Å². The number of carbonyl (C=O) groups is 1. The number of carboxylic acids is 1. The van der Waals surface area contributed by atoms with Gasteiger partial charge in [0.05, 0.1) is 6.61 Å². The van der Waals surface area contributed by atoms with Crippen LogP contribution in [0, 0.1) is 0 Å². The molecule has 1 atom stereocenters. The number of aliphatic carboxylic acids is 1. The second-order valence-electron chi connectivity index (χ2n) is 6.11. The SMILES string of the molecule is CC(Oc1ccccc1-c1ccc(C2(CO)CC2)cc1)C(=O)O. The first-order valence-corrected chi connectivity index (χ1v) is 7.76. The van der Waals surface area contributed by atoms with Gasteiger partial charge in [0, 0.05) is 11.0 Å². The Labute approximate surface area is 135 Å². The highest BCUT2D eigenvalue weighted by Crippen LogP contribution is 2.48. The van der Waals surface area contributed by atoms with Crippen LogP contribution in [0.3, 0.4) is 0 Å². The van der Waals surface area contributed by atoms with Crippen LogP contribution >= 0.6 is 0 Å². The minimum Gasteiger partial charge on any atom is -0.479 e. The van der Waals surface area contributed by atoms with Crippen LogP contribution in [-0.2, 0) is 10.2 Å². The van der Waals surface area contributed by atoms with Gasteiger partial charge in [-0.2, -0.15) is 0 Å². The van der Waals surface area contributed by atoms with Gasteiger partial charge >= 0.3 is 5.97 Å². The lowest BCUT2D eigenvalue weighted by Crippen LogP contribution is -2.23. The molecule has 0 aromatic heterocycles. The molecular formula is C19H20O4. The second kappa shape index (κ2) is 6.05. The van der Waals surface area contributed by atoms with Crippen LogP contribution in [0.2, 0.25) is 0 Å². The van der Waals surface area contributed by atoms with Gasteiger partial charge in [-0.05, 0) is 37.0 Å². The third kappa shape index (κ3) is 3.08. The third-order valence-electron chi connectivity index (χ3n) is 4.50. The summed E-state index contributed by atoms with van der Waals surface area (Å²) in [6, 6.07) is 15.5. The Hall–Kier alpha value is -2.33. The quantitative estimate of drug-likeness (QED) is 0.859. The van der Waals surface area contributed by atoms with E-state index in [2.05, 4.69) is 0 Å². The summed E-state index contributed by atoms with van der Waals surface area (Å²) in [5.41, 5.74) is 2.93. The Balaban J connectivity index is 1.88. The smallest absolute Gasteiger partial charge is 0.344 e. The first-order valence-electron chi connectivity index (χ1n) is 7.76. The molecule has 2 aromatic rings. The highest BCUT2D eigenvalue weighted by atomic mass is 16.5. The molecule has 1 fully saturated rings. The van der Waals surface area contributed by atoms with Crippen LogP contribution in [0.5, 0.6) is 5.75 Å². The molecule has 2 aromatic carbocycles. The van der Waals surface area contributed by atoms with Crippen molar-refractivity contribution in [3.8, 4) is 16.9 Å². The number of para-hydroxylation sites is 1. The highest BCUT2D eigenvalue weighted by molar-refractivity contribution is 5.74. The summed E-state index contributed by atoms with van der Waals surface area (Å²) < 4.78 is 5.55. The van der Waals surface area contributed by atoms with Crippen molar-refractivity contribution in [2.24, 2.45) is 0 Å². The maximum atomic E-state index is 11.0. The number of ether oxygens (including phenoxy) is 1. The van der Waals surface area contributed by atoms with Crippen LogP contribution in [0.1, 0.15) is 25.3 Å². The van der Waals surface area contributed by atoms with E-state index in [1.165, 1.54) is 6.92 Å². The molecule has 1 aliphatic rings. The lowest BCUT2D eigenvalue weighted by Gasteiger charge is -2.16. The van der Waals surface area contributed by atoms with E-state index in [0.29, 0.717) is 5.75 Å². The normalized spacial score (nSPS) is 16.6. The number of hydrogen-bond acceptors (Lipinski definition) is 3. The molecule has 1 aliphatic carbocycles. The summed E-state index contributed by atoms with van der Waals surface area (Å²) in [5.74, 6) is -0.438. The topological polar surface area (TPSA) is 66.8 Å². The molecule has 0 heterocycles. The lowest BCUT2D eigenvalue weighted by atomic mass is 9.94. The van der Waals surface area contributed by atoms with Gasteiger partial charge in [0.15, 0.2) is 6.10 Å². The fourth-order valence-corrected chi connectivity index (χ4v) is 2.74. The zero-order chi connectivity index (χ0) is 16.4. The van der Waals surface area contributed by atoms with Gasteiger partial charge in [-0.15, -0.1) is 0 Å². The summed E-state index contributed by atoms with van der Waals surface area (Å²) >= 11 is 0. The molecule has 120 valence electrons. The Morgan fingerprint density at radius 1 is 1.17 bits per heavy atom. The average Bonchev–Trinajstić information content (AvgIpc) is 3.37. The summed E-state index contributed by atoms with van der Waals surface area (Å²) in [6.07, 6.45) is 1.15. The van der Waals surface area contributed by atoms with Crippen molar-refractivity contribution in [1.82, 2.24) is 0 Å². The van der Waals surface area contributed by atoms with E-state index in [4.69, 9.17) is 9.84 Å². The molecule has 0 radical (unpaired) electrons. The molecule has 3 rings (SSSR count). The van der Waals surface area contributed by atoms with E-state index in [1.54, 1.807) is 6.07 Å². The molecule has 2 N–H and O–H groups in total. The molecule has 0 aliphatic heterocycles. The Morgan fingerprint density at radius 2 is 1.83 bits per heavy atom. The summed E-state index contributed by atoms with van der Waals surface area (Å²) in [4.78, 5) is 11.0. The molecule has 0 amide bonds. The number of hydrogen-bond donors (Lipinski definition) is 2. The van der Waals surface area contributed by atoms with Gasteiger partial charge in [0.1, 0.15) is 5.75 Å². The van der Waals surface area contributed by atoms with Gasteiger partial charge < -0.3 is 14.9 Å². The summed E-state index contributed by atoms with van der Waals surface area (Å²) in [5, 5.41) is 18.5. The van der Waals surface area contributed by atoms with Crippen molar-refractivity contribution >= 4 is 5.97 Å². The van der Waals surface area contributed by atoms with Crippen molar-refractivity contribution in [3.05, 3.63) is 54.1 Å². The van der Waals surface area contributed by atoms with Gasteiger partial charge in [-0.1, -0.05) is 42.5 Å². The molecule has 1 unspecified atom stereocenters. The molecule has 0 spiro atoms. The molecule has 0 bridgehead atoms. The Kier molecular flexibility index (Phi) is 4.09. The zero-order valence-electron chi connectivity index (χ0n) is 13.0. The number of rotatable bonds is 6. The van der Waals surface area contributed by atoms with E-state index >= 15 is 0 Å². The number of aliphatic hydroxyl groups is 1. The lowest BCUT2D eigenvalue weighted by molar-refractivity contribution is -0.144. The highest BCUT2D eigenvalue weighted by Gasteiger charge is 2.43. The van der Waals surface area contributed by atoms with Crippen LogP contribution in [0.4, 0.5) is 0 Å². The maximum Gasteiger partial charge on any atom is 0.344 e. The van der Waals surface area contributed by atoms with Gasteiger partial charge in [-0.25, -0.2) is 4.79 Å². The van der Waals surface area contributed by atoms with Crippen molar-refractivity contribution in [2.75, 3.05) is 6.61 Å². The zero-order valence-corrected chi connectivity index (χ0v) is 13.0. The monoisotopic (exact) mass is 312 g/mol. The van der Waals surface area contributed by atoms with Gasteiger partial charge in [0.2, 0.25) is 0 Å². The Bertz CT molecular complexity index is 702. The molecule has 1 saturated carbocycles. The minimum atomic E-state index is -0.992. The maximum absolute atomic E-state index is 11.0. The van der Waals surface area contributed by atoms with Crippen molar-refractivity contribution < 1.29 is 19.7 Å². The van der Waals surface area contributed by atoms with Crippen LogP contribution in [0.15, 0.2) is 48.5 Å². The van der Waals surface area contributed by atoms with Crippen LogP contribution in [0.25, 0.3) is 11.1 Å². The predicted octanol–water partition coefficient (Wildman–Crippen LogP) is 3.23. The predicted molar refractivity (Wildman–Crippen MR) is 87.6 cm³/mol. The van der Waals surface area contributed by atoms with Crippen molar-refractivity contribution in [1.29, 1.82) is 0 Å². The largest absolute Gasteiger partial charge is 0.479 e. The standard InChI is InChI=1S/C19H20O4/c1-13(18(21)22)23-17-5-3-2-4-16(17)14-6-8-15(9-7-14)19(12-20)10-11-19/h2-9,13,20H,10-12H2,1H3,(H,21,22). The van der Waals surface area contributed by atoms with E-state index in [-0.39, 0.29) is 12.0 Å². The van der Waals surface area contributed by atoms with Gasteiger partial charge in [0.25, 0.3) is 0 Å². The van der Waals surface area contributed by atoms with E-state index in [9.17, 15) is 9.90 Å². The molecule has 23 heavy (non-hydrogen) atoms. The fraction of sp³-hybridized carbons (Fsp3) is 0.316. The summed E-state index contributed by atoms with van der Waals surface area (Å²) in [7, 11) is 0. The molecule has 0 saturated heterocycles. The van der Waals surface area contributed by atoms with Crippen molar-refractivity contribution in [3.63, 3.8) is 0 Å². The van der Waals surface area contributed by atoms with E-state index < -0.39 is 12.1 Å². The average molecular weight is 312 g/mol. The van der Waals surface area contributed by atoms with E-state index in [1.807, 2.05) is 42.5 Å². The molecule has 4 nitrogen and oxygen atoms in total. The third-order valence-corrected chi connectivity index (χ3v) is 4.50. The molecular weight excluding hydrogens is 292 g/mol. The Morgan fingerprint density at radius 3 is 2.39 bits per heavy atom. The van der Waals surface area contributed by atoms with Crippen LogP contribution < -0.4 is 4.74 Å². The van der Waals surface area contributed by atoms with Gasteiger partial charge in [-0.3, -0.25) is 0 Å². The number of benzene rings is 2. The number of aliphatic hydroxyl groups excluding tert-OH is 1. The first-order chi connectivity index (χ1) is 11.1. The number of carboxylic acid groups (broad SMARTS) is 1. The van der Waals surface area contributed by atoms with Crippen molar-refractivity contribution in [2.45, 2.75) is 31.3 Å². The second-order valence-corrected chi connectivity index (χ2v) is 6.11. The summed E-state index contributed by atoms with van der Waals surface area (Å²) in [6.45, 7) is 1.70. The molecule has 4 heteroatoms. The fourth-order valence-electron chi connectivity index (χ4n) is 2.74. The minimum absolute atomic E-state index is 0.0492.